The SMILES string of the molecule is CCOC(=O)c1ccc(OC)c(OC)c1OCC. The number of esters is 1. The molecule has 0 spiro atoms. The van der Waals surface area contributed by atoms with Gasteiger partial charge in [0.1, 0.15) is 5.56 Å². The molecule has 18 heavy (non-hydrogen) atoms. The van der Waals surface area contributed by atoms with Crippen molar-refractivity contribution in [1.29, 1.82) is 0 Å². The van der Waals surface area contributed by atoms with Gasteiger partial charge >= 0.3 is 5.97 Å². The van der Waals surface area contributed by atoms with Gasteiger partial charge in [-0.25, -0.2) is 4.79 Å². The largest absolute Gasteiger partial charge is 0.493 e. The maximum absolute atomic E-state index is 11.8. The lowest BCUT2D eigenvalue weighted by Gasteiger charge is -2.15. The molecule has 0 aliphatic rings. The number of rotatable bonds is 6. The first-order valence-corrected chi connectivity index (χ1v) is 5.74. The summed E-state index contributed by atoms with van der Waals surface area (Å²) in [4.78, 5) is 11.8. The van der Waals surface area contributed by atoms with Crippen LogP contribution in [0.5, 0.6) is 17.2 Å². The second kappa shape index (κ2) is 6.74. The first-order valence-electron chi connectivity index (χ1n) is 5.74. The molecule has 0 radical (unpaired) electrons. The average molecular weight is 254 g/mol. The average Bonchev–Trinajstić information content (AvgIpc) is 2.38. The Kier molecular flexibility index (Phi) is 5.30. The molecule has 0 fully saturated rings. The highest BCUT2D eigenvalue weighted by atomic mass is 16.5. The standard InChI is InChI=1S/C13H18O5/c1-5-17-11-9(13(14)18-6-2)7-8-10(15-3)12(11)16-4/h7-8H,5-6H2,1-4H3. The number of ether oxygens (including phenoxy) is 4. The minimum Gasteiger partial charge on any atom is -0.493 e. The zero-order valence-corrected chi connectivity index (χ0v) is 11.1. The molecule has 5 heteroatoms. The molecule has 1 aromatic rings. The summed E-state index contributed by atoms with van der Waals surface area (Å²) >= 11 is 0. The lowest BCUT2D eigenvalue weighted by molar-refractivity contribution is 0.0521. The van der Waals surface area contributed by atoms with Gasteiger partial charge < -0.3 is 18.9 Å². The van der Waals surface area contributed by atoms with Crippen molar-refractivity contribution in [1.82, 2.24) is 0 Å². The monoisotopic (exact) mass is 254 g/mol. The van der Waals surface area contributed by atoms with E-state index in [2.05, 4.69) is 0 Å². The normalized spacial score (nSPS) is 9.78. The van der Waals surface area contributed by atoms with Gasteiger partial charge in [0.15, 0.2) is 11.5 Å². The van der Waals surface area contributed by atoms with E-state index in [-0.39, 0.29) is 0 Å². The van der Waals surface area contributed by atoms with Crippen LogP contribution in [0.3, 0.4) is 0 Å². The Hall–Kier alpha value is -1.91. The van der Waals surface area contributed by atoms with E-state index in [9.17, 15) is 4.79 Å². The van der Waals surface area contributed by atoms with Crippen LogP contribution >= 0.6 is 0 Å². The van der Waals surface area contributed by atoms with Crippen molar-refractivity contribution in [3.05, 3.63) is 17.7 Å². The Bertz CT molecular complexity index is 414. The lowest BCUT2D eigenvalue weighted by atomic mass is 10.1. The van der Waals surface area contributed by atoms with Crippen LogP contribution in [0.2, 0.25) is 0 Å². The smallest absolute Gasteiger partial charge is 0.342 e. The maximum atomic E-state index is 11.8. The van der Waals surface area contributed by atoms with Gasteiger partial charge in [-0.15, -0.1) is 0 Å². The summed E-state index contributed by atoms with van der Waals surface area (Å²) in [5, 5.41) is 0. The summed E-state index contributed by atoms with van der Waals surface area (Å²) in [5.41, 5.74) is 0.330. The summed E-state index contributed by atoms with van der Waals surface area (Å²) in [5.74, 6) is 0.804. The highest BCUT2D eigenvalue weighted by molar-refractivity contribution is 5.94. The van der Waals surface area contributed by atoms with Crippen LogP contribution in [0, 0.1) is 0 Å². The molecule has 0 bridgehead atoms. The van der Waals surface area contributed by atoms with Crippen molar-refractivity contribution in [2.45, 2.75) is 13.8 Å². The van der Waals surface area contributed by atoms with Crippen molar-refractivity contribution >= 4 is 5.97 Å². The summed E-state index contributed by atoms with van der Waals surface area (Å²) in [7, 11) is 3.02. The summed E-state index contributed by atoms with van der Waals surface area (Å²) in [6, 6.07) is 3.25. The van der Waals surface area contributed by atoms with E-state index in [0.717, 1.165) is 0 Å². The van der Waals surface area contributed by atoms with Crippen molar-refractivity contribution < 1.29 is 23.7 Å². The molecule has 5 nitrogen and oxygen atoms in total. The molecule has 0 aliphatic heterocycles. The van der Waals surface area contributed by atoms with Crippen LogP contribution in [-0.4, -0.2) is 33.4 Å². The molecule has 0 saturated heterocycles. The molecule has 1 rings (SSSR count). The molecule has 0 amide bonds. The zero-order valence-electron chi connectivity index (χ0n) is 11.1. The van der Waals surface area contributed by atoms with Gasteiger partial charge in [0.25, 0.3) is 0 Å². The second-order valence-corrected chi connectivity index (χ2v) is 3.33. The van der Waals surface area contributed by atoms with E-state index >= 15 is 0 Å². The maximum Gasteiger partial charge on any atom is 0.342 e. The molecule has 100 valence electrons. The minimum absolute atomic E-state index is 0.304. The quantitative estimate of drug-likeness (QED) is 0.729. The number of hydrogen-bond acceptors (Lipinski definition) is 5. The lowest BCUT2D eigenvalue weighted by Crippen LogP contribution is -2.09. The van der Waals surface area contributed by atoms with Crippen LogP contribution < -0.4 is 14.2 Å². The van der Waals surface area contributed by atoms with Gasteiger partial charge in [-0.2, -0.15) is 0 Å². The Balaban J connectivity index is 3.29. The number of methoxy groups -OCH3 is 2. The summed E-state index contributed by atoms with van der Waals surface area (Å²) < 4.78 is 20.8. The van der Waals surface area contributed by atoms with E-state index in [1.54, 1.807) is 19.1 Å². The van der Waals surface area contributed by atoms with Crippen LogP contribution in [0.4, 0.5) is 0 Å². The molecular formula is C13H18O5. The van der Waals surface area contributed by atoms with Gasteiger partial charge in [-0.05, 0) is 26.0 Å². The first kappa shape index (κ1) is 14.2. The van der Waals surface area contributed by atoms with Crippen LogP contribution in [0.25, 0.3) is 0 Å². The van der Waals surface area contributed by atoms with E-state index in [1.165, 1.54) is 14.2 Å². The van der Waals surface area contributed by atoms with Crippen LogP contribution in [0.1, 0.15) is 24.2 Å². The van der Waals surface area contributed by atoms with Crippen LogP contribution in [0.15, 0.2) is 12.1 Å². The fraction of sp³-hybridized carbons (Fsp3) is 0.462. The van der Waals surface area contributed by atoms with Gasteiger partial charge in [0.2, 0.25) is 5.75 Å². The van der Waals surface area contributed by atoms with Crippen molar-refractivity contribution in [3.63, 3.8) is 0 Å². The Morgan fingerprint density at radius 2 is 1.78 bits per heavy atom. The topological polar surface area (TPSA) is 54.0 Å². The fourth-order valence-corrected chi connectivity index (χ4v) is 1.56. The van der Waals surface area contributed by atoms with Crippen molar-refractivity contribution in [3.8, 4) is 17.2 Å². The fourth-order valence-electron chi connectivity index (χ4n) is 1.56. The van der Waals surface area contributed by atoms with Gasteiger partial charge in [0, 0.05) is 0 Å². The molecule has 1 aromatic carbocycles. The van der Waals surface area contributed by atoms with Gasteiger partial charge in [0.05, 0.1) is 27.4 Å². The van der Waals surface area contributed by atoms with Crippen molar-refractivity contribution in [2.24, 2.45) is 0 Å². The van der Waals surface area contributed by atoms with E-state index in [0.29, 0.717) is 36.0 Å². The second-order valence-electron chi connectivity index (χ2n) is 3.33. The van der Waals surface area contributed by atoms with E-state index in [1.807, 2.05) is 6.92 Å². The first-order chi connectivity index (χ1) is 8.69. The summed E-state index contributed by atoms with van der Waals surface area (Å²) in [6.45, 7) is 4.29. The Morgan fingerprint density at radius 3 is 2.28 bits per heavy atom. The number of benzene rings is 1. The molecule has 0 heterocycles. The van der Waals surface area contributed by atoms with Crippen molar-refractivity contribution in [2.75, 3.05) is 27.4 Å². The van der Waals surface area contributed by atoms with Crippen LogP contribution in [-0.2, 0) is 4.74 Å². The highest BCUT2D eigenvalue weighted by Gasteiger charge is 2.21. The highest BCUT2D eigenvalue weighted by Crippen LogP contribution is 2.40. The Labute approximate surface area is 107 Å². The molecular weight excluding hydrogens is 236 g/mol. The molecule has 0 unspecified atom stereocenters. The third kappa shape index (κ3) is 2.85. The van der Waals surface area contributed by atoms with E-state index in [4.69, 9.17) is 18.9 Å². The predicted octanol–water partition coefficient (Wildman–Crippen LogP) is 2.28. The Morgan fingerprint density at radius 1 is 1.06 bits per heavy atom. The van der Waals surface area contributed by atoms with Gasteiger partial charge in [-0.3, -0.25) is 0 Å². The van der Waals surface area contributed by atoms with E-state index < -0.39 is 5.97 Å². The molecule has 0 aliphatic carbocycles. The molecule has 0 saturated carbocycles. The minimum atomic E-state index is -0.443. The number of carbonyl (C=O) groups is 1. The molecule has 0 atom stereocenters. The predicted molar refractivity (Wildman–Crippen MR) is 66.7 cm³/mol. The third-order valence-corrected chi connectivity index (χ3v) is 2.28. The summed E-state index contributed by atoms with van der Waals surface area (Å²) in [6.07, 6.45) is 0. The molecule has 0 N–H and O–H groups in total. The third-order valence-electron chi connectivity index (χ3n) is 2.28. The number of carbonyl (C=O) groups excluding carboxylic acids is 1. The zero-order chi connectivity index (χ0) is 13.5. The van der Waals surface area contributed by atoms with Gasteiger partial charge in [-0.1, -0.05) is 0 Å². The number of hydrogen-bond donors (Lipinski definition) is 0. The molecule has 0 aromatic heterocycles.